The van der Waals surface area contributed by atoms with Crippen molar-refractivity contribution in [2.24, 2.45) is 0 Å². The Labute approximate surface area is 330 Å². The summed E-state index contributed by atoms with van der Waals surface area (Å²) >= 11 is 0. The molecule has 0 aromatic rings. The molecule has 0 spiro atoms. The molecular weight excluding hydrogens is 655 g/mol. The van der Waals surface area contributed by atoms with E-state index in [9.17, 15) is 20.1 Å². The maximum absolute atomic E-state index is 12.4. The highest BCUT2D eigenvalue weighted by atomic mass is 16.3. The third-order valence-corrected chi connectivity index (χ3v) is 10.7. The molecule has 0 rings (SSSR count). The van der Waals surface area contributed by atoms with Gasteiger partial charge in [-0.05, 0) is 51.4 Å². The van der Waals surface area contributed by atoms with Crippen molar-refractivity contribution in [2.75, 3.05) is 6.61 Å². The first-order chi connectivity index (χ1) is 26.0. The summed E-state index contributed by atoms with van der Waals surface area (Å²) in [5, 5.41) is 33.3. The molecule has 0 aliphatic heterocycles. The number of hydrogen-bond donors (Lipinski definition) is 4. The monoisotopic (exact) mass is 746 g/mol. The van der Waals surface area contributed by atoms with Crippen molar-refractivity contribution in [1.29, 1.82) is 0 Å². The van der Waals surface area contributed by atoms with E-state index in [2.05, 4.69) is 43.5 Å². The number of carbonyl (C=O) groups excluding carboxylic acids is 1. The lowest BCUT2D eigenvalue weighted by Gasteiger charge is -2.21. The number of aliphatic hydroxyl groups is 3. The Bertz CT molecular complexity index is 824. The summed E-state index contributed by atoms with van der Waals surface area (Å²) in [5.41, 5.74) is 0. The van der Waals surface area contributed by atoms with Crippen LogP contribution in [0, 0.1) is 0 Å². The van der Waals surface area contributed by atoms with E-state index in [4.69, 9.17) is 0 Å². The highest BCUT2D eigenvalue weighted by Gasteiger charge is 2.20. The van der Waals surface area contributed by atoms with Crippen LogP contribution < -0.4 is 5.32 Å². The molecule has 53 heavy (non-hydrogen) atoms. The van der Waals surface area contributed by atoms with Crippen LogP contribution in [-0.4, -0.2) is 46.1 Å². The van der Waals surface area contributed by atoms with Crippen molar-refractivity contribution in [1.82, 2.24) is 5.32 Å². The Hall–Kier alpha value is -1.43. The smallest absolute Gasteiger partial charge is 0.222 e. The molecule has 0 heterocycles. The van der Waals surface area contributed by atoms with Crippen molar-refractivity contribution in [3.63, 3.8) is 0 Å². The quantitative estimate of drug-likeness (QED) is 0.0370. The number of carbonyl (C=O) groups is 1. The van der Waals surface area contributed by atoms with Gasteiger partial charge < -0.3 is 20.6 Å². The van der Waals surface area contributed by atoms with Crippen molar-refractivity contribution >= 4 is 5.91 Å². The molecule has 0 bridgehead atoms. The summed E-state index contributed by atoms with van der Waals surface area (Å²) in [7, 11) is 0. The van der Waals surface area contributed by atoms with Gasteiger partial charge in [0, 0.05) is 0 Å². The van der Waals surface area contributed by atoms with E-state index in [1.54, 1.807) is 6.08 Å². The lowest BCUT2D eigenvalue weighted by molar-refractivity contribution is -0.124. The predicted molar refractivity (Wildman–Crippen MR) is 231 cm³/mol. The first kappa shape index (κ1) is 51.6. The van der Waals surface area contributed by atoms with Crippen LogP contribution >= 0.6 is 0 Å². The maximum Gasteiger partial charge on any atom is 0.222 e. The average molecular weight is 746 g/mol. The molecule has 1 amide bonds. The molecule has 5 heteroatoms. The van der Waals surface area contributed by atoms with Gasteiger partial charge in [-0.3, -0.25) is 4.79 Å². The van der Waals surface area contributed by atoms with Crippen LogP contribution in [0.4, 0.5) is 0 Å². The molecule has 4 N–H and O–H groups in total. The molecule has 0 saturated carbocycles. The SMILES string of the molecule is CCCCCCCCCCC/C=C\C/C=C\CCCCCCCCCC(O)CC(=O)NC(CO)C(O)/C=C/CCCCCCCCCCCCCCC. The second-order valence-electron chi connectivity index (χ2n) is 16.0. The zero-order chi connectivity index (χ0) is 38.7. The normalized spacial score (nSPS) is 13.8. The first-order valence-electron chi connectivity index (χ1n) is 23.3. The molecule has 312 valence electrons. The fraction of sp³-hybridized carbons (Fsp3) is 0.854. The molecule has 0 fully saturated rings. The maximum atomic E-state index is 12.4. The van der Waals surface area contributed by atoms with Crippen LogP contribution in [0.25, 0.3) is 0 Å². The van der Waals surface area contributed by atoms with Gasteiger partial charge in [0.05, 0.1) is 31.3 Å². The van der Waals surface area contributed by atoms with Gasteiger partial charge in [-0.2, -0.15) is 0 Å². The van der Waals surface area contributed by atoms with E-state index in [1.165, 1.54) is 180 Å². The summed E-state index contributed by atoms with van der Waals surface area (Å²) in [6.45, 7) is 4.22. The Balaban J connectivity index is 3.66. The molecule has 0 aliphatic carbocycles. The third kappa shape index (κ3) is 40.1. The molecule has 0 aromatic carbocycles. The van der Waals surface area contributed by atoms with Crippen LogP contribution in [0.15, 0.2) is 36.5 Å². The van der Waals surface area contributed by atoms with Crippen molar-refractivity contribution in [3.05, 3.63) is 36.5 Å². The first-order valence-corrected chi connectivity index (χ1v) is 23.3. The molecular formula is C48H91NO4. The van der Waals surface area contributed by atoms with Gasteiger partial charge in [0.1, 0.15) is 0 Å². The second kappa shape index (κ2) is 43.3. The molecule has 0 saturated heterocycles. The molecule has 0 aromatic heterocycles. The van der Waals surface area contributed by atoms with Gasteiger partial charge in [0.2, 0.25) is 5.91 Å². The summed E-state index contributed by atoms with van der Waals surface area (Å²) in [6.07, 6.45) is 54.3. The standard InChI is InChI=1S/C48H91NO4/c1-3-5-7-9-11-13-15-17-19-20-21-22-23-24-25-26-28-29-31-33-35-37-39-41-45(51)43-48(53)49-46(44-50)47(52)42-40-38-36-34-32-30-27-18-16-14-12-10-8-6-4-2/h21-22,24-25,40,42,45-47,50-52H,3-20,23,26-39,41,43-44H2,1-2H3,(H,49,53)/b22-21-,25-24-,42-40+. The van der Waals surface area contributed by atoms with Gasteiger partial charge in [-0.1, -0.05) is 217 Å². The molecule has 5 nitrogen and oxygen atoms in total. The van der Waals surface area contributed by atoms with Gasteiger partial charge in [-0.25, -0.2) is 0 Å². The van der Waals surface area contributed by atoms with Crippen LogP contribution in [-0.2, 0) is 4.79 Å². The van der Waals surface area contributed by atoms with Gasteiger partial charge in [-0.15, -0.1) is 0 Å². The van der Waals surface area contributed by atoms with E-state index in [0.29, 0.717) is 6.42 Å². The summed E-state index contributed by atoms with van der Waals surface area (Å²) in [5.74, 6) is -0.320. The highest BCUT2D eigenvalue weighted by Crippen LogP contribution is 2.15. The van der Waals surface area contributed by atoms with Crippen LogP contribution in [0.3, 0.4) is 0 Å². The number of rotatable bonds is 42. The fourth-order valence-corrected chi connectivity index (χ4v) is 7.08. The van der Waals surface area contributed by atoms with Crippen LogP contribution in [0.1, 0.15) is 239 Å². The Morgan fingerprint density at radius 2 is 0.849 bits per heavy atom. The Kier molecular flexibility index (Phi) is 42.1. The number of allylic oxidation sites excluding steroid dienone is 5. The fourth-order valence-electron chi connectivity index (χ4n) is 7.08. The molecule has 0 aliphatic rings. The average Bonchev–Trinajstić information content (AvgIpc) is 3.15. The van der Waals surface area contributed by atoms with E-state index in [-0.39, 0.29) is 18.9 Å². The van der Waals surface area contributed by atoms with E-state index >= 15 is 0 Å². The second-order valence-corrected chi connectivity index (χ2v) is 16.0. The molecule has 3 unspecified atom stereocenters. The lowest BCUT2D eigenvalue weighted by Crippen LogP contribution is -2.45. The molecule has 3 atom stereocenters. The van der Waals surface area contributed by atoms with Gasteiger partial charge in [0.15, 0.2) is 0 Å². The number of unbranched alkanes of at least 4 members (excludes halogenated alkanes) is 29. The van der Waals surface area contributed by atoms with E-state index < -0.39 is 18.2 Å². The Morgan fingerprint density at radius 3 is 1.25 bits per heavy atom. The van der Waals surface area contributed by atoms with Crippen molar-refractivity contribution < 1.29 is 20.1 Å². The van der Waals surface area contributed by atoms with Gasteiger partial charge >= 0.3 is 0 Å². The zero-order valence-electron chi connectivity index (χ0n) is 35.4. The minimum absolute atomic E-state index is 0.00844. The lowest BCUT2D eigenvalue weighted by atomic mass is 10.0. The number of amides is 1. The zero-order valence-corrected chi connectivity index (χ0v) is 35.4. The van der Waals surface area contributed by atoms with Gasteiger partial charge in [0.25, 0.3) is 0 Å². The molecule has 0 radical (unpaired) electrons. The summed E-state index contributed by atoms with van der Waals surface area (Å²) in [6, 6.07) is -0.746. The van der Waals surface area contributed by atoms with E-state index in [0.717, 1.165) is 32.1 Å². The van der Waals surface area contributed by atoms with Crippen LogP contribution in [0.2, 0.25) is 0 Å². The minimum Gasteiger partial charge on any atom is -0.394 e. The summed E-state index contributed by atoms with van der Waals surface area (Å²) < 4.78 is 0. The topological polar surface area (TPSA) is 89.8 Å². The van der Waals surface area contributed by atoms with E-state index in [1.807, 2.05) is 6.08 Å². The Morgan fingerprint density at radius 1 is 0.491 bits per heavy atom. The predicted octanol–water partition coefficient (Wildman–Crippen LogP) is 13.5. The van der Waals surface area contributed by atoms with Crippen molar-refractivity contribution in [2.45, 2.75) is 257 Å². The number of aliphatic hydroxyl groups excluding tert-OH is 3. The number of hydrogen-bond acceptors (Lipinski definition) is 4. The highest BCUT2D eigenvalue weighted by molar-refractivity contribution is 5.76. The third-order valence-electron chi connectivity index (χ3n) is 10.7. The van der Waals surface area contributed by atoms with Crippen LogP contribution in [0.5, 0.6) is 0 Å². The number of nitrogens with one attached hydrogen (secondary N) is 1. The minimum atomic E-state index is -0.930. The summed E-state index contributed by atoms with van der Waals surface area (Å²) in [4.78, 5) is 12.4. The largest absolute Gasteiger partial charge is 0.394 e. The van der Waals surface area contributed by atoms with Crippen molar-refractivity contribution in [3.8, 4) is 0 Å².